The molecular formula is C23H23N3O7. The van der Waals surface area contributed by atoms with Crippen LogP contribution in [0.25, 0.3) is 0 Å². The number of esters is 1. The van der Waals surface area contributed by atoms with Crippen molar-refractivity contribution in [2.75, 3.05) is 20.8 Å². The zero-order valence-electron chi connectivity index (χ0n) is 18.1. The van der Waals surface area contributed by atoms with Crippen LogP contribution in [0.1, 0.15) is 24.4 Å². The fourth-order valence-corrected chi connectivity index (χ4v) is 3.83. The minimum Gasteiger partial charge on any atom is -0.496 e. The van der Waals surface area contributed by atoms with Gasteiger partial charge in [-0.3, -0.25) is 15.0 Å². The molecule has 2 aromatic rings. The second-order valence-electron chi connectivity index (χ2n) is 7.63. The average Bonchev–Trinajstić information content (AvgIpc) is 3.67. The molecule has 2 aromatic carbocycles. The number of methoxy groups -OCH3 is 2. The average molecular weight is 453 g/mol. The summed E-state index contributed by atoms with van der Waals surface area (Å²) in [6.45, 7) is -0.231. The molecule has 0 aromatic heterocycles. The van der Waals surface area contributed by atoms with Gasteiger partial charge in [0.25, 0.3) is 0 Å². The molecule has 2 aliphatic rings. The zero-order valence-corrected chi connectivity index (χ0v) is 18.1. The van der Waals surface area contributed by atoms with Gasteiger partial charge >= 0.3 is 17.7 Å². The van der Waals surface area contributed by atoms with E-state index in [-0.39, 0.29) is 35.7 Å². The molecule has 172 valence electrons. The van der Waals surface area contributed by atoms with E-state index < -0.39 is 16.9 Å². The minimum absolute atomic E-state index is 0.00416. The van der Waals surface area contributed by atoms with Gasteiger partial charge in [-0.15, -0.1) is 0 Å². The van der Waals surface area contributed by atoms with Gasteiger partial charge in [0.2, 0.25) is 0 Å². The van der Waals surface area contributed by atoms with Gasteiger partial charge in [0, 0.05) is 6.04 Å². The summed E-state index contributed by atoms with van der Waals surface area (Å²) in [5.74, 6) is -0.308. The molecule has 1 unspecified atom stereocenters. The number of nitro benzene ring substituents is 1. The Balaban J connectivity index is 1.77. The number of benzene rings is 2. The minimum atomic E-state index is -0.745. The molecule has 4 rings (SSSR count). The fourth-order valence-electron chi connectivity index (χ4n) is 3.83. The summed E-state index contributed by atoms with van der Waals surface area (Å²) in [4.78, 5) is 38.4. The van der Waals surface area contributed by atoms with Crippen LogP contribution in [-0.4, -0.2) is 48.7 Å². The lowest BCUT2D eigenvalue weighted by Crippen LogP contribution is -2.50. The number of carbonyl (C=O) groups excluding carboxylic acids is 2. The van der Waals surface area contributed by atoms with Crippen LogP contribution in [0.2, 0.25) is 0 Å². The third-order valence-electron chi connectivity index (χ3n) is 5.55. The third-order valence-corrected chi connectivity index (χ3v) is 5.55. The Kier molecular flexibility index (Phi) is 6.16. The summed E-state index contributed by atoms with van der Waals surface area (Å²) in [6, 6.07) is 12.1. The molecular weight excluding hydrogens is 430 g/mol. The van der Waals surface area contributed by atoms with Gasteiger partial charge in [0.05, 0.1) is 42.5 Å². The second-order valence-corrected chi connectivity index (χ2v) is 7.63. The van der Waals surface area contributed by atoms with Crippen molar-refractivity contribution in [3.05, 3.63) is 75.5 Å². The Morgan fingerprint density at radius 2 is 1.91 bits per heavy atom. The highest BCUT2D eigenvalue weighted by Gasteiger charge is 2.44. The van der Waals surface area contributed by atoms with E-state index in [1.54, 1.807) is 24.3 Å². The molecule has 1 saturated carbocycles. The van der Waals surface area contributed by atoms with E-state index in [1.807, 2.05) is 6.07 Å². The lowest BCUT2D eigenvalue weighted by molar-refractivity contribution is -0.385. The van der Waals surface area contributed by atoms with Crippen LogP contribution in [0.3, 0.4) is 0 Å². The third kappa shape index (κ3) is 4.45. The molecule has 10 nitrogen and oxygen atoms in total. The van der Waals surface area contributed by atoms with Crippen molar-refractivity contribution in [1.82, 2.24) is 10.2 Å². The Bertz CT molecular complexity index is 1110. The highest BCUT2D eigenvalue weighted by Crippen LogP contribution is 2.39. The number of nitro groups is 1. The summed E-state index contributed by atoms with van der Waals surface area (Å²) in [7, 11) is 2.67. The van der Waals surface area contributed by atoms with Crippen molar-refractivity contribution >= 4 is 17.7 Å². The highest BCUT2D eigenvalue weighted by atomic mass is 16.6. The monoisotopic (exact) mass is 453 g/mol. The van der Waals surface area contributed by atoms with E-state index in [9.17, 15) is 19.7 Å². The maximum absolute atomic E-state index is 13.0. The Morgan fingerprint density at radius 1 is 1.18 bits per heavy atom. The van der Waals surface area contributed by atoms with Crippen LogP contribution in [0.5, 0.6) is 11.5 Å². The molecule has 0 bridgehead atoms. The number of ether oxygens (including phenoxy) is 3. The van der Waals surface area contributed by atoms with Gasteiger partial charge < -0.3 is 19.5 Å². The Morgan fingerprint density at radius 3 is 2.52 bits per heavy atom. The number of amides is 2. The first-order chi connectivity index (χ1) is 15.9. The van der Waals surface area contributed by atoms with Crippen LogP contribution < -0.4 is 14.8 Å². The second kappa shape index (κ2) is 9.19. The standard InChI is InChI=1S/C23H23N3O7/c1-31-16-10-11-19(17(12-16)26(29)30)33-13-18-20(22(27)32-2)21(14-6-4-3-5-7-14)24-23(28)25(18)15-8-9-15/h3-7,10-12,15,21H,8-9,13H2,1-2H3,(H,24,28). The summed E-state index contributed by atoms with van der Waals surface area (Å²) in [5, 5.41) is 14.4. The molecule has 1 N–H and O–H groups in total. The van der Waals surface area contributed by atoms with Gasteiger partial charge in [-0.1, -0.05) is 30.3 Å². The Hall–Kier alpha value is -4.08. The molecule has 2 amide bonds. The van der Waals surface area contributed by atoms with E-state index in [0.717, 1.165) is 12.8 Å². The summed E-state index contributed by atoms with van der Waals surface area (Å²) >= 11 is 0. The van der Waals surface area contributed by atoms with Gasteiger partial charge in [-0.05, 0) is 30.5 Å². The van der Waals surface area contributed by atoms with E-state index in [2.05, 4.69) is 5.32 Å². The molecule has 0 spiro atoms. The Labute approximate surface area is 189 Å². The van der Waals surface area contributed by atoms with Gasteiger partial charge in [-0.25, -0.2) is 9.59 Å². The molecule has 0 radical (unpaired) electrons. The SMILES string of the molecule is COC(=O)C1=C(COc2ccc(OC)cc2[N+](=O)[O-])N(C2CC2)C(=O)NC1c1ccccc1. The first-order valence-electron chi connectivity index (χ1n) is 10.4. The molecule has 1 heterocycles. The van der Waals surface area contributed by atoms with E-state index in [4.69, 9.17) is 14.2 Å². The maximum atomic E-state index is 13.0. The van der Waals surface area contributed by atoms with Crippen molar-refractivity contribution < 1.29 is 28.7 Å². The van der Waals surface area contributed by atoms with E-state index >= 15 is 0 Å². The van der Waals surface area contributed by atoms with Crippen molar-refractivity contribution in [2.24, 2.45) is 0 Å². The summed E-state index contributed by atoms with van der Waals surface area (Å²) in [5.41, 5.74) is 0.973. The summed E-state index contributed by atoms with van der Waals surface area (Å²) in [6.07, 6.45) is 1.56. The quantitative estimate of drug-likeness (QED) is 0.370. The first-order valence-corrected chi connectivity index (χ1v) is 10.4. The van der Waals surface area contributed by atoms with E-state index in [1.165, 1.54) is 37.3 Å². The molecule has 1 aliphatic carbocycles. The first kappa shape index (κ1) is 22.1. The van der Waals surface area contributed by atoms with Crippen LogP contribution in [0.4, 0.5) is 10.5 Å². The van der Waals surface area contributed by atoms with Gasteiger partial charge in [0.1, 0.15) is 12.4 Å². The number of nitrogens with zero attached hydrogens (tertiary/aromatic N) is 2. The normalized spacial score (nSPS) is 17.9. The number of nitrogens with one attached hydrogen (secondary N) is 1. The van der Waals surface area contributed by atoms with Gasteiger partial charge in [0.15, 0.2) is 5.75 Å². The van der Waals surface area contributed by atoms with Crippen LogP contribution in [0, 0.1) is 10.1 Å². The largest absolute Gasteiger partial charge is 0.496 e. The molecule has 1 aliphatic heterocycles. The zero-order chi connectivity index (χ0) is 23.5. The van der Waals surface area contributed by atoms with Crippen LogP contribution >= 0.6 is 0 Å². The topological polar surface area (TPSA) is 120 Å². The predicted molar refractivity (Wildman–Crippen MR) is 117 cm³/mol. The van der Waals surface area contributed by atoms with Crippen LogP contribution in [0.15, 0.2) is 59.8 Å². The fraction of sp³-hybridized carbons (Fsp3) is 0.304. The molecule has 0 saturated heterocycles. The lowest BCUT2D eigenvalue weighted by Gasteiger charge is -2.36. The number of hydrogen-bond acceptors (Lipinski definition) is 7. The van der Waals surface area contributed by atoms with Crippen molar-refractivity contribution in [3.63, 3.8) is 0 Å². The van der Waals surface area contributed by atoms with Gasteiger partial charge in [-0.2, -0.15) is 0 Å². The highest BCUT2D eigenvalue weighted by molar-refractivity contribution is 5.95. The number of hydrogen-bond donors (Lipinski definition) is 1. The lowest BCUT2D eigenvalue weighted by atomic mass is 9.94. The number of urea groups is 1. The van der Waals surface area contributed by atoms with Crippen LogP contribution in [-0.2, 0) is 9.53 Å². The summed E-state index contributed by atoms with van der Waals surface area (Å²) < 4.78 is 15.9. The van der Waals surface area contributed by atoms with Crippen molar-refractivity contribution in [3.8, 4) is 11.5 Å². The number of rotatable bonds is 8. The maximum Gasteiger partial charge on any atom is 0.338 e. The van der Waals surface area contributed by atoms with Crippen molar-refractivity contribution in [2.45, 2.75) is 24.9 Å². The smallest absolute Gasteiger partial charge is 0.338 e. The molecule has 33 heavy (non-hydrogen) atoms. The predicted octanol–water partition coefficient (Wildman–Crippen LogP) is 3.34. The molecule has 10 heteroatoms. The van der Waals surface area contributed by atoms with Crippen molar-refractivity contribution in [1.29, 1.82) is 0 Å². The number of carbonyl (C=O) groups is 2. The molecule has 1 atom stereocenters. The molecule has 1 fully saturated rings. The van der Waals surface area contributed by atoms with E-state index in [0.29, 0.717) is 17.0 Å².